The molecule has 1 saturated heterocycles. The Morgan fingerprint density at radius 3 is 2.57 bits per heavy atom. The summed E-state index contributed by atoms with van der Waals surface area (Å²) < 4.78 is 26.4. The topological polar surface area (TPSA) is 69.7 Å². The highest BCUT2D eigenvalue weighted by molar-refractivity contribution is 7.91. The van der Waals surface area contributed by atoms with E-state index in [4.69, 9.17) is 0 Å². The number of hydrogen-bond donors (Lipinski definition) is 1. The normalized spacial score (nSPS) is 16.5. The Balaban J connectivity index is 1.45. The van der Waals surface area contributed by atoms with Crippen LogP contribution in [-0.2, 0) is 14.8 Å². The van der Waals surface area contributed by atoms with Gasteiger partial charge in [-0.3, -0.25) is 9.69 Å². The standard InChI is InChI=1S/C19H27N3O3S3/c1-21(28(24,25)19-9-6-14-27-19)10-4-8-18(23)20-15-16(17-7-5-13-26-17)22-11-2-3-12-22/h5-7,9,13-14,16H,2-4,8,10-12,15H2,1H3,(H,20,23). The Bertz CT molecular complexity index is 829. The highest BCUT2D eigenvalue weighted by Gasteiger charge is 2.25. The van der Waals surface area contributed by atoms with E-state index in [1.165, 1.54) is 33.4 Å². The summed E-state index contributed by atoms with van der Waals surface area (Å²) in [5, 5.41) is 6.87. The minimum atomic E-state index is -3.45. The van der Waals surface area contributed by atoms with Gasteiger partial charge in [0.25, 0.3) is 10.0 Å². The highest BCUT2D eigenvalue weighted by atomic mass is 32.2. The lowest BCUT2D eigenvalue weighted by molar-refractivity contribution is -0.121. The molecule has 0 saturated carbocycles. The van der Waals surface area contributed by atoms with Gasteiger partial charge in [-0.05, 0) is 55.2 Å². The number of nitrogens with zero attached hydrogens (tertiary/aromatic N) is 2. The number of likely N-dealkylation sites (tertiary alicyclic amines) is 1. The third kappa shape index (κ3) is 5.42. The van der Waals surface area contributed by atoms with E-state index in [9.17, 15) is 13.2 Å². The fourth-order valence-corrected chi connectivity index (χ4v) is 6.66. The smallest absolute Gasteiger partial charge is 0.252 e. The molecule has 1 aliphatic rings. The first-order chi connectivity index (χ1) is 13.5. The van der Waals surface area contributed by atoms with Gasteiger partial charge in [-0.1, -0.05) is 12.1 Å². The predicted molar refractivity (Wildman–Crippen MR) is 114 cm³/mol. The molecule has 0 bridgehead atoms. The van der Waals surface area contributed by atoms with Crippen LogP contribution in [0.2, 0.25) is 0 Å². The Kier molecular flexibility index (Phi) is 7.64. The maximum absolute atomic E-state index is 12.4. The Morgan fingerprint density at radius 2 is 1.93 bits per heavy atom. The lowest BCUT2D eigenvalue weighted by Crippen LogP contribution is -2.36. The molecule has 1 unspecified atom stereocenters. The van der Waals surface area contributed by atoms with Gasteiger partial charge in [0.05, 0.1) is 6.04 Å². The number of amides is 1. The Labute approximate surface area is 175 Å². The van der Waals surface area contributed by atoms with Crippen molar-refractivity contribution in [3.63, 3.8) is 0 Å². The molecule has 6 nitrogen and oxygen atoms in total. The fourth-order valence-electron chi connectivity index (χ4n) is 3.39. The molecular weight excluding hydrogens is 414 g/mol. The quantitative estimate of drug-likeness (QED) is 0.615. The van der Waals surface area contributed by atoms with E-state index in [1.54, 1.807) is 35.9 Å². The number of hydrogen-bond acceptors (Lipinski definition) is 6. The number of carbonyl (C=O) groups is 1. The van der Waals surface area contributed by atoms with Gasteiger partial charge in [0.15, 0.2) is 0 Å². The molecule has 3 heterocycles. The zero-order valence-electron chi connectivity index (χ0n) is 16.0. The van der Waals surface area contributed by atoms with Crippen LogP contribution in [0.15, 0.2) is 39.2 Å². The summed E-state index contributed by atoms with van der Waals surface area (Å²) in [5.41, 5.74) is 0. The van der Waals surface area contributed by atoms with Gasteiger partial charge in [0, 0.05) is 31.4 Å². The molecule has 0 radical (unpaired) electrons. The molecule has 3 rings (SSSR count). The second-order valence-electron chi connectivity index (χ2n) is 6.94. The lowest BCUT2D eigenvalue weighted by atomic mass is 10.2. The fraction of sp³-hybridized carbons (Fsp3) is 0.526. The molecule has 154 valence electrons. The van der Waals surface area contributed by atoms with Crippen LogP contribution in [0.4, 0.5) is 0 Å². The van der Waals surface area contributed by atoms with Crippen molar-refractivity contribution in [2.24, 2.45) is 0 Å². The van der Waals surface area contributed by atoms with Crippen LogP contribution in [0.3, 0.4) is 0 Å². The van der Waals surface area contributed by atoms with Crippen molar-refractivity contribution < 1.29 is 13.2 Å². The minimum Gasteiger partial charge on any atom is -0.354 e. The molecule has 2 aromatic rings. The SMILES string of the molecule is CN(CCCC(=O)NCC(c1cccs1)N1CCCC1)S(=O)(=O)c1cccs1. The van der Waals surface area contributed by atoms with Crippen molar-refractivity contribution in [1.29, 1.82) is 0 Å². The van der Waals surface area contributed by atoms with Gasteiger partial charge in [0.1, 0.15) is 4.21 Å². The summed E-state index contributed by atoms with van der Waals surface area (Å²) in [5.74, 6) is -0.0253. The van der Waals surface area contributed by atoms with Gasteiger partial charge in [-0.25, -0.2) is 12.7 Å². The third-order valence-corrected chi connectivity index (χ3v) is 9.19. The van der Waals surface area contributed by atoms with E-state index in [0.717, 1.165) is 13.1 Å². The van der Waals surface area contributed by atoms with Crippen molar-refractivity contribution in [3.05, 3.63) is 39.9 Å². The number of thiophene rings is 2. The number of sulfonamides is 1. The van der Waals surface area contributed by atoms with Crippen molar-refractivity contribution in [1.82, 2.24) is 14.5 Å². The van der Waals surface area contributed by atoms with E-state index in [2.05, 4.69) is 27.7 Å². The van der Waals surface area contributed by atoms with E-state index < -0.39 is 10.0 Å². The first kappa shape index (κ1) is 21.4. The third-order valence-electron chi connectivity index (χ3n) is 4.98. The monoisotopic (exact) mass is 441 g/mol. The Morgan fingerprint density at radius 1 is 1.21 bits per heavy atom. The Hall–Kier alpha value is -1.26. The first-order valence-corrected chi connectivity index (χ1v) is 12.7. The molecule has 0 spiro atoms. The van der Waals surface area contributed by atoms with Crippen LogP contribution in [0.5, 0.6) is 0 Å². The highest BCUT2D eigenvalue weighted by Crippen LogP contribution is 2.27. The maximum atomic E-state index is 12.4. The number of nitrogens with one attached hydrogen (secondary N) is 1. The summed E-state index contributed by atoms with van der Waals surface area (Å²) in [6, 6.07) is 7.74. The van der Waals surface area contributed by atoms with E-state index in [1.807, 2.05) is 0 Å². The van der Waals surface area contributed by atoms with E-state index in [0.29, 0.717) is 30.1 Å². The predicted octanol–water partition coefficient (Wildman–Crippen LogP) is 3.16. The molecule has 28 heavy (non-hydrogen) atoms. The molecule has 9 heteroatoms. The van der Waals surface area contributed by atoms with E-state index >= 15 is 0 Å². The van der Waals surface area contributed by atoms with E-state index in [-0.39, 0.29) is 11.9 Å². The van der Waals surface area contributed by atoms with Crippen molar-refractivity contribution in [3.8, 4) is 0 Å². The van der Waals surface area contributed by atoms with Gasteiger partial charge in [-0.15, -0.1) is 22.7 Å². The van der Waals surface area contributed by atoms with Gasteiger partial charge in [0.2, 0.25) is 5.91 Å². The van der Waals surface area contributed by atoms with Crippen LogP contribution in [0.1, 0.15) is 36.6 Å². The van der Waals surface area contributed by atoms with Crippen LogP contribution in [0.25, 0.3) is 0 Å². The van der Waals surface area contributed by atoms with Crippen molar-refractivity contribution in [2.45, 2.75) is 35.9 Å². The molecule has 1 amide bonds. The molecule has 1 fully saturated rings. The molecule has 2 aromatic heterocycles. The van der Waals surface area contributed by atoms with Gasteiger partial charge in [-0.2, -0.15) is 0 Å². The van der Waals surface area contributed by atoms with Crippen LogP contribution in [-0.4, -0.2) is 56.8 Å². The van der Waals surface area contributed by atoms with Crippen molar-refractivity contribution >= 4 is 38.6 Å². The summed E-state index contributed by atoms with van der Waals surface area (Å²) in [6.45, 7) is 3.07. The summed E-state index contributed by atoms with van der Waals surface area (Å²) >= 11 is 2.93. The molecule has 0 aliphatic carbocycles. The largest absolute Gasteiger partial charge is 0.354 e. The average Bonchev–Trinajstić information content (AvgIpc) is 3.44. The zero-order chi connectivity index (χ0) is 20.0. The molecular formula is C19H27N3O3S3. The lowest BCUT2D eigenvalue weighted by Gasteiger charge is -2.27. The number of carbonyl (C=O) groups excluding carboxylic acids is 1. The maximum Gasteiger partial charge on any atom is 0.252 e. The number of rotatable bonds is 10. The zero-order valence-corrected chi connectivity index (χ0v) is 18.5. The molecule has 1 N–H and O–H groups in total. The molecule has 0 aromatic carbocycles. The minimum absolute atomic E-state index is 0.0253. The second kappa shape index (κ2) is 9.98. The average molecular weight is 442 g/mol. The summed E-state index contributed by atoms with van der Waals surface area (Å²) in [6.07, 6.45) is 3.24. The van der Waals surface area contributed by atoms with Crippen LogP contribution < -0.4 is 5.32 Å². The first-order valence-electron chi connectivity index (χ1n) is 9.52. The molecule has 1 atom stereocenters. The van der Waals surface area contributed by atoms with Gasteiger partial charge < -0.3 is 5.32 Å². The summed E-state index contributed by atoms with van der Waals surface area (Å²) in [7, 11) is -1.88. The molecule has 1 aliphatic heterocycles. The summed E-state index contributed by atoms with van der Waals surface area (Å²) in [4.78, 5) is 16.0. The van der Waals surface area contributed by atoms with Gasteiger partial charge >= 0.3 is 0 Å². The van der Waals surface area contributed by atoms with Crippen molar-refractivity contribution in [2.75, 3.05) is 33.2 Å². The van der Waals surface area contributed by atoms with Crippen LogP contribution in [0, 0.1) is 0 Å². The second-order valence-corrected chi connectivity index (χ2v) is 11.1. The van der Waals surface area contributed by atoms with Crippen LogP contribution >= 0.6 is 22.7 Å².